The lowest BCUT2D eigenvalue weighted by molar-refractivity contribution is -0.124. The zero-order chi connectivity index (χ0) is 14.2. The van der Waals surface area contributed by atoms with Crippen LogP contribution in [0.4, 0.5) is 0 Å². The molecule has 6 heteroatoms. The van der Waals surface area contributed by atoms with E-state index in [1.807, 2.05) is 0 Å². The number of amides is 1. The Balaban J connectivity index is 1.22. The molecule has 4 rings (SSSR count). The topological polar surface area (TPSA) is 71.3 Å². The molecular weight excluding hydrogens is 268 g/mol. The van der Waals surface area contributed by atoms with Crippen molar-refractivity contribution in [1.82, 2.24) is 20.4 Å². The van der Waals surface area contributed by atoms with Gasteiger partial charge in [0, 0.05) is 25.0 Å². The van der Waals surface area contributed by atoms with E-state index in [-0.39, 0.29) is 5.91 Å². The lowest BCUT2D eigenvalue weighted by atomic mass is 10.0. The van der Waals surface area contributed by atoms with Gasteiger partial charge in [0.2, 0.25) is 11.8 Å². The van der Waals surface area contributed by atoms with Gasteiger partial charge in [-0.05, 0) is 25.7 Å². The Morgan fingerprint density at radius 2 is 1.95 bits per heavy atom. The number of nitrogens with one attached hydrogen (secondary N) is 1. The van der Waals surface area contributed by atoms with Crippen LogP contribution in [0.5, 0.6) is 0 Å². The van der Waals surface area contributed by atoms with E-state index in [9.17, 15) is 4.79 Å². The molecule has 114 valence electrons. The molecule has 0 aromatic carbocycles. The summed E-state index contributed by atoms with van der Waals surface area (Å²) < 4.78 is 5.34. The quantitative estimate of drug-likeness (QED) is 0.887. The minimum absolute atomic E-state index is 0.157. The van der Waals surface area contributed by atoms with E-state index in [1.165, 1.54) is 25.7 Å². The summed E-state index contributed by atoms with van der Waals surface area (Å²) in [4.78, 5) is 18.6. The number of hydrogen-bond donors (Lipinski definition) is 1. The summed E-state index contributed by atoms with van der Waals surface area (Å²) in [7, 11) is 0. The summed E-state index contributed by atoms with van der Waals surface area (Å²) in [6.45, 7) is 2.20. The highest BCUT2D eigenvalue weighted by Crippen LogP contribution is 2.39. The predicted molar refractivity (Wildman–Crippen MR) is 75.9 cm³/mol. The van der Waals surface area contributed by atoms with Crippen LogP contribution in [0.2, 0.25) is 0 Å². The molecule has 2 saturated carbocycles. The number of aromatic nitrogens is 2. The second-order valence-electron chi connectivity index (χ2n) is 6.70. The maximum Gasteiger partial charge on any atom is 0.234 e. The first-order chi connectivity index (χ1) is 10.3. The van der Waals surface area contributed by atoms with Crippen LogP contribution >= 0.6 is 0 Å². The highest BCUT2D eigenvalue weighted by molar-refractivity contribution is 5.78. The van der Waals surface area contributed by atoms with Gasteiger partial charge in [0.1, 0.15) is 0 Å². The molecule has 21 heavy (non-hydrogen) atoms. The highest BCUT2D eigenvalue weighted by atomic mass is 16.5. The van der Waals surface area contributed by atoms with Gasteiger partial charge in [-0.15, -0.1) is 0 Å². The van der Waals surface area contributed by atoms with Gasteiger partial charge in [0.05, 0.1) is 12.5 Å². The molecule has 1 N–H and O–H groups in total. The van der Waals surface area contributed by atoms with Crippen molar-refractivity contribution in [2.24, 2.45) is 0 Å². The zero-order valence-electron chi connectivity index (χ0n) is 12.3. The van der Waals surface area contributed by atoms with Gasteiger partial charge in [-0.3, -0.25) is 9.69 Å². The molecule has 1 aromatic rings. The fraction of sp³-hybridized carbons (Fsp3) is 0.800. The Kier molecular flexibility index (Phi) is 3.41. The molecule has 6 nitrogen and oxygen atoms in total. The van der Waals surface area contributed by atoms with E-state index >= 15 is 0 Å². The maximum absolute atomic E-state index is 11.9. The van der Waals surface area contributed by atoms with Gasteiger partial charge in [-0.2, -0.15) is 4.98 Å². The Morgan fingerprint density at radius 3 is 2.67 bits per heavy atom. The zero-order valence-corrected chi connectivity index (χ0v) is 12.3. The molecule has 1 saturated heterocycles. The number of rotatable bonds is 5. The third-order valence-electron chi connectivity index (χ3n) is 4.79. The minimum Gasteiger partial charge on any atom is -0.352 e. The average Bonchev–Trinajstić information content (AvgIpc) is 2.95. The van der Waals surface area contributed by atoms with Crippen LogP contribution in [0.25, 0.3) is 0 Å². The molecule has 1 aliphatic heterocycles. The van der Waals surface area contributed by atoms with Crippen molar-refractivity contribution in [3.8, 4) is 0 Å². The van der Waals surface area contributed by atoms with E-state index in [1.54, 1.807) is 0 Å². The second-order valence-corrected chi connectivity index (χ2v) is 6.70. The largest absolute Gasteiger partial charge is 0.352 e. The molecule has 1 aromatic heterocycles. The van der Waals surface area contributed by atoms with Gasteiger partial charge in [0.25, 0.3) is 0 Å². The summed E-state index contributed by atoms with van der Waals surface area (Å²) in [5, 5.41) is 7.18. The molecule has 0 unspecified atom stereocenters. The first kappa shape index (κ1) is 13.2. The first-order valence-corrected chi connectivity index (χ1v) is 8.13. The Bertz CT molecular complexity index is 513. The van der Waals surface area contributed by atoms with Crippen LogP contribution in [-0.2, 0) is 4.79 Å². The second kappa shape index (κ2) is 5.40. The van der Waals surface area contributed by atoms with Crippen LogP contribution < -0.4 is 5.32 Å². The lowest BCUT2D eigenvalue weighted by Gasteiger charge is -2.36. The molecule has 0 atom stereocenters. The van der Waals surface area contributed by atoms with Crippen molar-refractivity contribution in [1.29, 1.82) is 0 Å². The smallest absolute Gasteiger partial charge is 0.234 e. The Hall–Kier alpha value is -1.43. The van der Waals surface area contributed by atoms with Crippen molar-refractivity contribution in [3.63, 3.8) is 0 Å². The number of carbonyl (C=O) groups excluding carboxylic acids is 1. The number of carbonyl (C=O) groups is 1. The summed E-state index contributed by atoms with van der Waals surface area (Å²) in [5.74, 6) is 2.64. The van der Waals surface area contributed by atoms with Crippen LogP contribution in [0.15, 0.2) is 4.52 Å². The third kappa shape index (κ3) is 2.95. The lowest BCUT2D eigenvalue weighted by Crippen LogP contribution is -2.50. The normalized spacial score (nSPS) is 24.2. The van der Waals surface area contributed by atoms with E-state index in [4.69, 9.17) is 4.52 Å². The van der Waals surface area contributed by atoms with Gasteiger partial charge < -0.3 is 9.84 Å². The third-order valence-corrected chi connectivity index (χ3v) is 4.79. The van der Waals surface area contributed by atoms with Crippen LogP contribution in [-0.4, -0.2) is 46.6 Å². The van der Waals surface area contributed by atoms with E-state index in [0.29, 0.717) is 24.4 Å². The molecule has 1 amide bonds. The van der Waals surface area contributed by atoms with Gasteiger partial charge >= 0.3 is 0 Å². The average molecular weight is 290 g/mol. The van der Waals surface area contributed by atoms with Crippen molar-refractivity contribution in [2.45, 2.75) is 56.4 Å². The van der Waals surface area contributed by atoms with Crippen molar-refractivity contribution in [3.05, 3.63) is 11.7 Å². The summed E-state index contributed by atoms with van der Waals surface area (Å²) in [5.41, 5.74) is 0. The fourth-order valence-corrected chi connectivity index (χ4v) is 3.32. The van der Waals surface area contributed by atoms with Crippen molar-refractivity contribution >= 4 is 5.91 Å². The Labute approximate surface area is 124 Å². The van der Waals surface area contributed by atoms with Gasteiger partial charge in [0.15, 0.2) is 5.82 Å². The molecule has 3 aliphatic rings. The van der Waals surface area contributed by atoms with E-state index < -0.39 is 0 Å². The predicted octanol–water partition coefficient (Wildman–Crippen LogP) is 1.40. The molecule has 2 aliphatic carbocycles. The monoisotopic (exact) mass is 290 g/mol. The van der Waals surface area contributed by atoms with E-state index in [0.717, 1.165) is 37.6 Å². The van der Waals surface area contributed by atoms with Crippen LogP contribution in [0.1, 0.15) is 62.1 Å². The van der Waals surface area contributed by atoms with Crippen molar-refractivity contribution < 1.29 is 9.32 Å². The standard InChI is InChI=1S/C15H22N4O2/c20-13(16-12-3-1-2-4-12)9-19-7-11(8-19)15-17-14(18-21-15)10-5-6-10/h10-12H,1-9H2,(H,16,20). The van der Waals surface area contributed by atoms with Crippen LogP contribution in [0.3, 0.4) is 0 Å². The summed E-state index contributed by atoms with van der Waals surface area (Å²) >= 11 is 0. The molecule has 0 bridgehead atoms. The first-order valence-electron chi connectivity index (χ1n) is 8.13. The minimum atomic E-state index is 0.157. The van der Waals surface area contributed by atoms with Crippen LogP contribution in [0, 0.1) is 0 Å². The summed E-state index contributed by atoms with van der Waals surface area (Å²) in [6, 6.07) is 0.409. The molecular formula is C15H22N4O2. The SMILES string of the molecule is O=C(CN1CC(c2nc(C3CC3)no2)C1)NC1CCCC1. The molecule has 0 radical (unpaired) electrons. The molecule has 0 spiro atoms. The van der Waals surface area contributed by atoms with Crippen molar-refractivity contribution in [2.75, 3.05) is 19.6 Å². The maximum atomic E-state index is 11.9. The number of hydrogen-bond acceptors (Lipinski definition) is 5. The molecule has 3 fully saturated rings. The summed E-state index contributed by atoms with van der Waals surface area (Å²) in [6.07, 6.45) is 7.16. The fourth-order valence-electron chi connectivity index (χ4n) is 3.32. The highest BCUT2D eigenvalue weighted by Gasteiger charge is 2.36. The number of likely N-dealkylation sites (tertiary alicyclic amines) is 1. The molecule has 2 heterocycles. The Morgan fingerprint density at radius 1 is 1.19 bits per heavy atom. The van der Waals surface area contributed by atoms with Gasteiger partial charge in [-0.25, -0.2) is 0 Å². The number of nitrogens with zero attached hydrogens (tertiary/aromatic N) is 3. The van der Waals surface area contributed by atoms with E-state index in [2.05, 4.69) is 20.4 Å². The van der Waals surface area contributed by atoms with Gasteiger partial charge in [-0.1, -0.05) is 18.0 Å².